The van der Waals surface area contributed by atoms with Gasteiger partial charge >= 0.3 is 5.97 Å². The molecule has 0 radical (unpaired) electrons. The number of rotatable bonds is 11. The first-order chi connectivity index (χ1) is 17.0. The zero-order valence-corrected chi connectivity index (χ0v) is 19.8. The molecule has 0 amide bonds. The van der Waals surface area contributed by atoms with Crippen molar-refractivity contribution in [3.8, 4) is 28.4 Å². The van der Waals surface area contributed by atoms with Gasteiger partial charge in [-0.05, 0) is 72.9 Å². The lowest BCUT2D eigenvalue weighted by atomic mass is 9.96. The molecule has 184 valence electrons. The molecule has 3 N–H and O–H groups in total. The third-order valence-electron chi connectivity index (χ3n) is 5.87. The molecular weight excluding hydrogens is 446 g/mol. The summed E-state index contributed by atoms with van der Waals surface area (Å²) in [6.45, 7) is 3.52. The Kier molecular flexibility index (Phi) is 8.23. The zero-order chi connectivity index (χ0) is 24.6. The van der Waals surface area contributed by atoms with Crippen LogP contribution in [0.25, 0.3) is 11.1 Å². The summed E-state index contributed by atoms with van der Waals surface area (Å²) >= 11 is 0. The van der Waals surface area contributed by atoms with Gasteiger partial charge in [0, 0.05) is 13.1 Å². The predicted octanol–water partition coefficient (Wildman–Crippen LogP) is 4.17. The molecule has 4 rings (SSSR count). The molecule has 0 saturated heterocycles. The van der Waals surface area contributed by atoms with Gasteiger partial charge in [-0.3, -0.25) is 0 Å². The second kappa shape index (κ2) is 11.7. The topological polar surface area (TPSA) is 97.3 Å². The largest absolute Gasteiger partial charge is 0.493 e. The van der Waals surface area contributed by atoms with Gasteiger partial charge in [-0.1, -0.05) is 30.3 Å². The van der Waals surface area contributed by atoms with Gasteiger partial charge < -0.3 is 29.7 Å². The maximum Gasteiger partial charge on any atom is 0.339 e. The van der Waals surface area contributed by atoms with E-state index in [1.165, 1.54) is 0 Å². The average molecular weight is 478 g/mol. The lowest BCUT2D eigenvalue weighted by molar-refractivity contribution is 0.0692. The summed E-state index contributed by atoms with van der Waals surface area (Å²) in [5.41, 5.74) is 3.17. The van der Waals surface area contributed by atoms with Crippen LogP contribution >= 0.6 is 0 Å². The van der Waals surface area contributed by atoms with E-state index in [0.29, 0.717) is 25.4 Å². The van der Waals surface area contributed by atoms with Gasteiger partial charge in [0.05, 0.1) is 6.61 Å². The number of aryl methyl sites for hydroxylation is 1. The van der Waals surface area contributed by atoms with Crippen LogP contribution in [-0.4, -0.2) is 54.7 Å². The molecule has 0 aromatic heterocycles. The first-order valence-corrected chi connectivity index (χ1v) is 11.9. The van der Waals surface area contributed by atoms with E-state index in [-0.39, 0.29) is 18.3 Å². The van der Waals surface area contributed by atoms with Crippen LogP contribution in [0.3, 0.4) is 0 Å². The number of carboxylic acid groups (broad SMARTS) is 1. The van der Waals surface area contributed by atoms with Crippen molar-refractivity contribution in [3.63, 3.8) is 0 Å². The van der Waals surface area contributed by atoms with Crippen molar-refractivity contribution in [2.45, 2.75) is 32.0 Å². The Morgan fingerprint density at radius 3 is 2.63 bits per heavy atom. The Morgan fingerprint density at radius 2 is 1.86 bits per heavy atom. The lowest BCUT2D eigenvalue weighted by Crippen LogP contribution is -2.39. The number of nitrogens with one attached hydrogen (secondary N) is 1. The number of fused-ring (bicyclic) bond motifs is 1. The average Bonchev–Trinajstić information content (AvgIpc) is 2.88. The monoisotopic (exact) mass is 477 g/mol. The third kappa shape index (κ3) is 6.53. The molecule has 1 aliphatic rings. The van der Waals surface area contributed by atoms with Crippen LogP contribution in [0.2, 0.25) is 0 Å². The van der Waals surface area contributed by atoms with E-state index in [1.54, 1.807) is 18.2 Å². The van der Waals surface area contributed by atoms with Crippen molar-refractivity contribution in [3.05, 3.63) is 77.9 Å². The Labute approximate surface area is 205 Å². The quantitative estimate of drug-likeness (QED) is 0.381. The Hall–Kier alpha value is -3.55. The molecular formula is C28H31NO6. The number of ether oxygens (including phenoxy) is 3. The number of aliphatic hydroxyl groups is 1. The van der Waals surface area contributed by atoms with Crippen molar-refractivity contribution in [1.82, 2.24) is 5.32 Å². The molecule has 0 fully saturated rings. The van der Waals surface area contributed by atoms with Gasteiger partial charge in [-0.2, -0.15) is 0 Å². The van der Waals surface area contributed by atoms with Crippen molar-refractivity contribution in [1.29, 1.82) is 0 Å². The molecule has 7 nitrogen and oxygen atoms in total. The number of carboxylic acids is 1. The van der Waals surface area contributed by atoms with E-state index in [4.69, 9.17) is 14.2 Å². The highest BCUT2D eigenvalue weighted by atomic mass is 16.5. The van der Waals surface area contributed by atoms with Crippen molar-refractivity contribution >= 4 is 5.97 Å². The van der Waals surface area contributed by atoms with Crippen LogP contribution < -0.4 is 19.5 Å². The fourth-order valence-electron chi connectivity index (χ4n) is 4.10. The number of carbonyl (C=O) groups is 1. The van der Waals surface area contributed by atoms with Crippen LogP contribution in [0.15, 0.2) is 66.7 Å². The van der Waals surface area contributed by atoms with Crippen molar-refractivity contribution < 1.29 is 29.2 Å². The van der Waals surface area contributed by atoms with Crippen LogP contribution in [-0.2, 0) is 6.42 Å². The molecule has 0 bridgehead atoms. The standard InChI is InChI=1S/C28H31NO6/c1-2-33-27-15-20(9-12-25(27)28(31)32)19-10-13-26-21(14-19)8-11-24(35-26)17-29-16-22(30)18-34-23-6-4-3-5-7-23/h3-7,9-10,12-15,22,24,29-30H,2,8,11,16-18H2,1H3,(H,31,32)/t22-,24+/m0/s1. The molecule has 1 aliphatic heterocycles. The Balaban J connectivity index is 1.30. The highest BCUT2D eigenvalue weighted by Crippen LogP contribution is 2.34. The van der Waals surface area contributed by atoms with Crippen molar-refractivity contribution in [2.75, 3.05) is 26.3 Å². The van der Waals surface area contributed by atoms with E-state index in [0.717, 1.165) is 41.0 Å². The Morgan fingerprint density at radius 1 is 1.09 bits per heavy atom. The van der Waals surface area contributed by atoms with E-state index in [1.807, 2.05) is 49.4 Å². The summed E-state index contributed by atoms with van der Waals surface area (Å²) in [5, 5.41) is 22.8. The first kappa shape index (κ1) is 24.6. The molecule has 0 saturated carbocycles. The van der Waals surface area contributed by atoms with Gasteiger partial charge in [0.1, 0.15) is 41.6 Å². The summed E-state index contributed by atoms with van der Waals surface area (Å²) < 4.78 is 17.3. The number of para-hydroxylation sites is 1. The minimum absolute atomic E-state index is 0.0231. The lowest BCUT2D eigenvalue weighted by Gasteiger charge is -2.27. The van der Waals surface area contributed by atoms with Crippen LogP contribution in [0.5, 0.6) is 17.2 Å². The maximum absolute atomic E-state index is 11.4. The van der Waals surface area contributed by atoms with Crippen molar-refractivity contribution in [2.24, 2.45) is 0 Å². The smallest absolute Gasteiger partial charge is 0.339 e. The highest BCUT2D eigenvalue weighted by Gasteiger charge is 2.21. The van der Waals surface area contributed by atoms with Gasteiger partial charge in [0.2, 0.25) is 0 Å². The van der Waals surface area contributed by atoms with E-state index >= 15 is 0 Å². The number of aliphatic hydroxyl groups excluding tert-OH is 1. The summed E-state index contributed by atoms with van der Waals surface area (Å²) in [4.78, 5) is 11.4. The van der Waals surface area contributed by atoms with E-state index < -0.39 is 12.1 Å². The molecule has 2 atom stereocenters. The fraction of sp³-hybridized carbons (Fsp3) is 0.321. The summed E-state index contributed by atoms with van der Waals surface area (Å²) in [6, 6.07) is 20.6. The first-order valence-electron chi connectivity index (χ1n) is 11.9. The zero-order valence-electron chi connectivity index (χ0n) is 19.8. The second-order valence-electron chi connectivity index (χ2n) is 8.49. The maximum atomic E-state index is 11.4. The van der Waals surface area contributed by atoms with Gasteiger partial charge in [0.15, 0.2) is 0 Å². The summed E-state index contributed by atoms with van der Waals surface area (Å²) in [5.74, 6) is 0.959. The molecule has 3 aromatic carbocycles. The molecule has 35 heavy (non-hydrogen) atoms. The number of benzene rings is 3. The fourth-order valence-corrected chi connectivity index (χ4v) is 4.10. The third-order valence-corrected chi connectivity index (χ3v) is 5.87. The van der Waals surface area contributed by atoms with E-state index in [2.05, 4.69) is 11.4 Å². The minimum atomic E-state index is -1.00. The molecule has 0 aliphatic carbocycles. The number of hydrogen-bond donors (Lipinski definition) is 3. The highest BCUT2D eigenvalue weighted by molar-refractivity contribution is 5.92. The summed E-state index contributed by atoms with van der Waals surface area (Å²) in [6.07, 6.45) is 1.15. The van der Waals surface area contributed by atoms with Gasteiger partial charge in [-0.25, -0.2) is 4.79 Å². The van der Waals surface area contributed by atoms with Gasteiger partial charge in [0.25, 0.3) is 0 Å². The number of hydrogen-bond acceptors (Lipinski definition) is 6. The molecule has 1 heterocycles. The van der Waals surface area contributed by atoms with E-state index in [9.17, 15) is 15.0 Å². The van der Waals surface area contributed by atoms with Gasteiger partial charge in [-0.15, -0.1) is 0 Å². The van der Waals surface area contributed by atoms with Crippen LogP contribution in [0, 0.1) is 0 Å². The molecule has 3 aromatic rings. The Bertz CT molecular complexity index is 1130. The van der Waals surface area contributed by atoms with Crippen LogP contribution in [0.4, 0.5) is 0 Å². The second-order valence-corrected chi connectivity index (χ2v) is 8.49. The number of aromatic carboxylic acids is 1. The molecule has 7 heteroatoms. The minimum Gasteiger partial charge on any atom is -0.493 e. The molecule has 0 spiro atoms. The normalized spacial score (nSPS) is 15.5. The van der Waals surface area contributed by atoms with Crippen LogP contribution in [0.1, 0.15) is 29.3 Å². The summed E-state index contributed by atoms with van der Waals surface area (Å²) in [7, 11) is 0. The molecule has 0 unspecified atom stereocenters. The predicted molar refractivity (Wildman–Crippen MR) is 134 cm³/mol. The SMILES string of the molecule is CCOc1cc(-c2ccc3c(c2)CC[C@H](CNC[C@H](O)COc2ccccc2)O3)ccc1C(=O)O.